The molecule has 0 bridgehead atoms. The van der Waals surface area contributed by atoms with Gasteiger partial charge in [-0.05, 0) is 25.0 Å². The number of hydrogen-bond donors (Lipinski definition) is 3. The van der Waals surface area contributed by atoms with Gasteiger partial charge in [-0.25, -0.2) is 4.98 Å². The van der Waals surface area contributed by atoms with Crippen LogP contribution in [-0.2, 0) is 18.3 Å². The van der Waals surface area contributed by atoms with Gasteiger partial charge in [-0.1, -0.05) is 0 Å². The zero-order valence-electron chi connectivity index (χ0n) is 12.3. The molecular weight excluding hydrogens is 294 g/mol. The molecule has 2 heterocycles. The molecule has 0 radical (unpaired) electrons. The molecule has 0 aliphatic carbocycles. The van der Waals surface area contributed by atoms with Crippen LogP contribution in [0, 0.1) is 13.8 Å². The number of nitrogens with two attached hydrogens (primary N) is 1. The molecule has 8 heteroatoms. The van der Waals surface area contributed by atoms with Crippen LogP contribution in [0.15, 0.2) is 4.79 Å². The van der Waals surface area contributed by atoms with Gasteiger partial charge in [-0.2, -0.15) is 0 Å². The fourth-order valence-corrected chi connectivity index (χ4v) is 2.34. The Kier molecular flexibility index (Phi) is 5.51. The summed E-state index contributed by atoms with van der Waals surface area (Å²) in [5, 5.41) is 5.94. The standard InChI is InChI=1S/C13H19N5O2.ClH/c1-7-9(6-10(19)15-5-4-14)8(2)16-12-11(7)13(20)17-18(12)3;/h4-6,14H2,1-3H3,(H,15,19)(H,17,20);1H. The van der Waals surface area contributed by atoms with Crippen molar-refractivity contribution in [1.82, 2.24) is 20.1 Å². The minimum absolute atomic E-state index is 0. The molecule has 4 N–H and O–H groups in total. The molecule has 0 aromatic carbocycles. The van der Waals surface area contributed by atoms with Crippen molar-refractivity contribution in [1.29, 1.82) is 0 Å². The lowest BCUT2D eigenvalue weighted by molar-refractivity contribution is -0.120. The number of rotatable bonds is 4. The first-order chi connectivity index (χ1) is 9.45. The van der Waals surface area contributed by atoms with E-state index in [9.17, 15) is 9.59 Å². The van der Waals surface area contributed by atoms with Gasteiger partial charge in [0.2, 0.25) is 5.91 Å². The lowest BCUT2D eigenvalue weighted by Crippen LogP contribution is -2.30. The van der Waals surface area contributed by atoms with Crippen LogP contribution in [0.3, 0.4) is 0 Å². The molecule has 1 amide bonds. The van der Waals surface area contributed by atoms with Crippen molar-refractivity contribution in [2.75, 3.05) is 13.1 Å². The Balaban J connectivity index is 0.00000220. The minimum Gasteiger partial charge on any atom is -0.355 e. The van der Waals surface area contributed by atoms with Crippen LogP contribution in [-0.4, -0.2) is 33.8 Å². The average Bonchev–Trinajstić information content (AvgIpc) is 2.67. The van der Waals surface area contributed by atoms with E-state index in [0.29, 0.717) is 24.1 Å². The summed E-state index contributed by atoms with van der Waals surface area (Å²) >= 11 is 0. The third-order valence-corrected chi connectivity index (χ3v) is 3.38. The highest BCUT2D eigenvalue weighted by Crippen LogP contribution is 2.20. The van der Waals surface area contributed by atoms with Gasteiger partial charge < -0.3 is 11.1 Å². The molecule has 116 valence electrons. The Bertz CT molecular complexity index is 719. The van der Waals surface area contributed by atoms with Gasteiger partial charge in [0.05, 0.1) is 11.8 Å². The number of H-pyrrole nitrogens is 1. The van der Waals surface area contributed by atoms with Gasteiger partial charge in [0.15, 0.2) is 5.65 Å². The van der Waals surface area contributed by atoms with E-state index < -0.39 is 0 Å². The molecule has 0 fully saturated rings. The monoisotopic (exact) mass is 313 g/mol. The number of halogens is 1. The Morgan fingerprint density at radius 2 is 2.10 bits per heavy atom. The zero-order valence-corrected chi connectivity index (χ0v) is 13.1. The predicted octanol–water partition coefficient (Wildman–Crippen LogP) is -0.0824. The molecule has 2 rings (SSSR count). The van der Waals surface area contributed by atoms with Gasteiger partial charge in [0.25, 0.3) is 5.56 Å². The third-order valence-electron chi connectivity index (χ3n) is 3.38. The van der Waals surface area contributed by atoms with E-state index in [4.69, 9.17) is 5.73 Å². The second-order valence-electron chi connectivity index (χ2n) is 4.81. The van der Waals surface area contributed by atoms with E-state index in [2.05, 4.69) is 15.4 Å². The smallest absolute Gasteiger partial charge is 0.273 e. The summed E-state index contributed by atoms with van der Waals surface area (Å²) in [5.74, 6) is -0.116. The molecule has 7 nitrogen and oxygen atoms in total. The summed E-state index contributed by atoms with van der Waals surface area (Å²) in [5.41, 5.74) is 8.13. The Morgan fingerprint density at radius 1 is 1.43 bits per heavy atom. The van der Waals surface area contributed by atoms with E-state index in [1.54, 1.807) is 11.7 Å². The van der Waals surface area contributed by atoms with Gasteiger partial charge in [0, 0.05) is 25.8 Å². The number of aromatic nitrogens is 3. The Morgan fingerprint density at radius 3 is 2.71 bits per heavy atom. The van der Waals surface area contributed by atoms with Gasteiger partial charge >= 0.3 is 0 Å². The number of amides is 1. The first-order valence-corrected chi connectivity index (χ1v) is 6.47. The van der Waals surface area contributed by atoms with E-state index in [0.717, 1.165) is 16.8 Å². The maximum Gasteiger partial charge on any atom is 0.273 e. The van der Waals surface area contributed by atoms with Crippen molar-refractivity contribution >= 4 is 29.3 Å². The molecule has 2 aromatic rings. The van der Waals surface area contributed by atoms with Gasteiger partial charge in [-0.3, -0.25) is 19.4 Å². The molecule has 0 spiro atoms. The van der Waals surface area contributed by atoms with Crippen LogP contribution < -0.4 is 16.6 Å². The Hall–Kier alpha value is -1.86. The maximum atomic E-state index is 11.9. The largest absolute Gasteiger partial charge is 0.355 e. The minimum atomic E-state index is -0.184. The van der Waals surface area contributed by atoms with Crippen LogP contribution in [0.5, 0.6) is 0 Å². The van der Waals surface area contributed by atoms with Crippen molar-refractivity contribution in [2.24, 2.45) is 12.8 Å². The highest BCUT2D eigenvalue weighted by molar-refractivity contribution is 5.85. The number of aryl methyl sites for hydroxylation is 3. The molecule has 0 atom stereocenters. The second kappa shape index (κ2) is 6.73. The van der Waals surface area contributed by atoms with Crippen molar-refractivity contribution in [2.45, 2.75) is 20.3 Å². The van der Waals surface area contributed by atoms with E-state index in [1.807, 2.05) is 13.8 Å². The number of nitrogens with zero attached hydrogens (tertiary/aromatic N) is 2. The van der Waals surface area contributed by atoms with Gasteiger partial charge in [-0.15, -0.1) is 12.4 Å². The molecule has 0 unspecified atom stereocenters. The molecule has 2 aromatic heterocycles. The molecule has 0 aliphatic rings. The summed E-state index contributed by atoms with van der Waals surface area (Å²) in [7, 11) is 1.74. The molecular formula is C13H20ClN5O2. The summed E-state index contributed by atoms with van der Waals surface area (Å²) in [4.78, 5) is 28.1. The quantitative estimate of drug-likeness (QED) is 0.734. The molecule has 0 saturated carbocycles. The van der Waals surface area contributed by atoms with Crippen molar-refractivity contribution in [3.05, 3.63) is 27.2 Å². The lowest BCUT2D eigenvalue weighted by Gasteiger charge is -2.10. The van der Waals surface area contributed by atoms with Crippen LogP contribution >= 0.6 is 12.4 Å². The lowest BCUT2D eigenvalue weighted by atomic mass is 10.0. The number of fused-ring (bicyclic) bond motifs is 1. The van der Waals surface area contributed by atoms with Crippen LogP contribution in [0.1, 0.15) is 16.8 Å². The number of carbonyl (C=O) groups excluding carboxylic acids is 1. The topological polar surface area (TPSA) is 106 Å². The fraction of sp³-hybridized carbons (Fsp3) is 0.462. The highest BCUT2D eigenvalue weighted by atomic mass is 35.5. The molecule has 21 heavy (non-hydrogen) atoms. The number of hydrogen-bond acceptors (Lipinski definition) is 4. The summed E-state index contributed by atoms with van der Waals surface area (Å²) in [6, 6.07) is 0. The first-order valence-electron chi connectivity index (χ1n) is 6.47. The summed E-state index contributed by atoms with van der Waals surface area (Å²) in [6.45, 7) is 4.53. The Labute approximate surface area is 128 Å². The fourth-order valence-electron chi connectivity index (χ4n) is 2.34. The van der Waals surface area contributed by atoms with Crippen LogP contribution in [0.25, 0.3) is 11.0 Å². The van der Waals surface area contributed by atoms with E-state index >= 15 is 0 Å². The van der Waals surface area contributed by atoms with Gasteiger partial charge in [0.1, 0.15) is 0 Å². The molecule has 0 saturated heterocycles. The third kappa shape index (κ3) is 3.25. The number of nitrogens with one attached hydrogen (secondary N) is 2. The number of aromatic amines is 1. The van der Waals surface area contributed by atoms with Crippen LogP contribution in [0.4, 0.5) is 0 Å². The van der Waals surface area contributed by atoms with E-state index in [-0.39, 0.29) is 30.3 Å². The normalized spacial score (nSPS) is 10.5. The first kappa shape index (κ1) is 17.2. The maximum absolute atomic E-state index is 11.9. The van der Waals surface area contributed by atoms with E-state index in [1.165, 1.54) is 0 Å². The SMILES string of the molecule is Cc1nc2c(c(C)c1CC(=O)NCCN)c(=O)[nH]n2C.Cl. The average molecular weight is 314 g/mol. The summed E-state index contributed by atoms with van der Waals surface area (Å²) < 4.78 is 1.59. The van der Waals surface area contributed by atoms with Crippen LogP contribution in [0.2, 0.25) is 0 Å². The molecule has 0 aliphatic heterocycles. The predicted molar refractivity (Wildman–Crippen MR) is 83.8 cm³/mol. The number of pyridine rings is 1. The zero-order chi connectivity index (χ0) is 14.9. The second-order valence-corrected chi connectivity index (χ2v) is 4.81. The van der Waals surface area contributed by atoms with Crippen molar-refractivity contribution < 1.29 is 4.79 Å². The highest BCUT2D eigenvalue weighted by Gasteiger charge is 2.17. The van der Waals surface area contributed by atoms with Crippen molar-refractivity contribution in [3.8, 4) is 0 Å². The number of carbonyl (C=O) groups is 1. The summed E-state index contributed by atoms with van der Waals surface area (Å²) in [6.07, 6.45) is 0.203. The van der Waals surface area contributed by atoms with Crippen molar-refractivity contribution in [3.63, 3.8) is 0 Å².